The fourth-order valence-electron chi connectivity index (χ4n) is 0.864. The van der Waals surface area contributed by atoms with E-state index in [1.165, 1.54) is 19.9 Å². The highest BCUT2D eigenvalue weighted by Gasteiger charge is 2.26. The van der Waals surface area contributed by atoms with Crippen LogP contribution in [0.1, 0.15) is 13.8 Å². The zero-order chi connectivity index (χ0) is 12.1. The molecular formula is C9H17NO4S. The summed E-state index contributed by atoms with van der Waals surface area (Å²) in [7, 11) is -3.47. The number of hydrogen-bond donors (Lipinski definition) is 2. The molecule has 0 aliphatic heterocycles. The topological polar surface area (TPSA) is 83.5 Å². The second-order valence-electron chi connectivity index (χ2n) is 3.35. The van der Waals surface area contributed by atoms with E-state index in [4.69, 9.17) is 5.11 Å². The number of aliphatic hydroxyl groups is 1. The second-order valence-corrected chi connectivity index (χ2v) is 5.72. The molecule has 0 bridgehead atoms. The fourth-order valence-corrected chi connectivity index (χ4v) is 1.89. The van der Waals surface area contributed by atoms with Crippen molar-refractivity contribution in [3.8, 4) is 0 Å². The number of aliphatic hydroxyl groups excluding tert-OH is 1. The van der Waals surface area contributed by atoms with Crippen LogP contribution in [0.5, 0.6) is 0 Å². The van der Waals surface area contributed by atoms with Crippen LogP contribution in [-0.4, -0.2) is 43.1 Å². The minimum absolute atomic E-state index is 0.0484. The maximum absolute atomic E-state index is 11.4. The first kappa shape index (κ1) is 14.1. The molecule has 0 radical (unpaired) electrons. The van der Waals surface area contributed by atoms with Gasteiger partial charge in [-0.15, -0.1) is 6.58 Å². The molecule has 0 rings (SSSR count). The minimum Gasteiger partial charge on any atom is -0.392 e. The van der Waals surface area contributed by atoms with E-state index in [0.29, 0.717) is 0 Å². The molecule has 15 heavy (non-hydrogen) atoms. The van der Waals surface area contributed by atoms with Gasteiger partial charge in [0.05, 0.1) is 11.9 Å². The maximum atomic E-state index is 11.4. The van der Waals surface area contributed by atoms with Crippen molar-refractivity contribution in [2.45, 2.75) is 25.2 Å². The molecule has 5 nitrogen and oxygen atoms in total. The van der Waals surface area contributed by atoms with Crippen molar-refractivity contribution in [2.24, 2.45) is 0 Å². The molecule has 0 aromatic carbocycles. The number of hydrogen-bond acceptors (Lipinski definition) is 4. The van der Waals surface area contributed by atoms with Crippen molar-refractivity contribution in [3.63, 3.8) is 0 Å². The summed E-state index contributed by atoms with van der Waals surface area (Å²) >= 11 is 0. The van der Waals surface area contributed by atoms with Crippen molar-refractivity contribution in [1.29, 1.82) is 0 Å². The number of sulfone groups is 1. The molecule has 2 atom stereocenters. The lowest BCUT2D eigenvalue weighted by molar-refractivity contribution is -0.120. The summed E-state index contributed by atoms with van der Waals surface area (Å²) < 4.78 is 22.8. The van der Waals surface area contributed by atoms with Gasteiger partial charge in [0.15, 0.2) is 9.84 Å². The summed E-state index contributed by atoms with van der Waals surface area (Å²) in [5.74, 6) is -0.825. The van der Waals surface area contributed by atoms with E-state index in [0.717, 1.165) is 0 Å². The standard InChI is InChI=1S/C9H17NO4S/c1-4-5-15(13,14)8(3)9(12)10-6-7(2)11/h4,7-8,11H,1,5-6H2,2-3H3,(H,10,12). The van der Waals surface area contributed by atoms with E-state index in [-0.39, 0.29) is 12.3 Å². The third-order valence-electron chi connectivity index (χ3n) is 1.83. The van der Waals surface area contributed by atoms with Gasteiger partial charge in [0, 0.05) is 6.54 Å². The molecule has 0 saturated heterocycles. The number of amides is 1. The smallest absolute Gasteiger partial charge is 0.238 e. The van der Waals surface area contributed by atoms with Crippen LogP contribution in [-0.2, 0) is 14.6 Å². The van der Waals surface area contributed by atoms with Gasteiger partial charge in [0.2, 0.25) is 5.91 Å². The lowest BCUT2D eigenvalue weighted by Crippen LogP contribution is -2.41. The predicted octanol–water partition coefficient (Wildman–Crippen LogP) is -0.527. The summed E-state index contributed by atoms with van der Waals surface area (Å²) in [6, 6.07) is 0. The lowest BCUT2D eigenvalue weighted by Gasteiger charge is -2.12. The first-order valence-corrected chi connectivity index (χ1v) is 6.31. The van der Waals surface area contributed by atoms with Crippen LogP contribution in [0.25, 0.3) is 0 Å². The van der Waals surface area contributed by atoms with Gasteiger partial charge in [-0.25, -0.2) is 8.42 Å². The number of carbonyl (C=O) groups excluding carboxylic acids is 1. The highest BCUT2D eigenvalue weighted by molar-refractivity contribution is 7.92. The van der Waals surface area contributed by atoms with Gasteiger partial charge < -0.3 is 10.4 Å². The molecule has 88 valence electrons. The van der Waals surface area contributed by atoms with E-state index in [2.05, 4.69) is 11.9 Å². The molecule has 0 aliphatic carbocycles. The van der Waals surface area contributed by atoms with Crippen molar-refractivity contribution in [2.75, 3.05) is 12.3 Å². The predicted molar refractivity (Wildman–Crippen MR) is 58.1 cm³/mol. The summed E-state index contributed by atoms with van der Waals surface area (Å²) in [5.41, 5.74) is 0. The quantitative estimate of drug-likeness (QED) is 0.606. The van der Waals surface area contributed by atoms with Crippen LogP contribution < -0.4 is 5.32 Å². The minimum atomic E-state index is -3.47. The van der Waals surface area contributed by atoms with Crippen molar-refractivity contribution in [1.82, 2.24) is 5.32 Å². The normalized spacial score (nSPS) is 15.4. The summed E-state index contributed by atoms with van der Waals surface area (Å²) in [6.45, 7) is 6.18. The average Bonchev–Trinajstić information content (AvgIpc) is 2.12. The van der Waals surface area contributed by atoms with E-state index in [1.54, 1.807) is 0 Å². The molecule has 2 unspecified atom stereocenters. The van der Waals surface area contributed by atoms with E-state index < -0.39 is 27.1 Å². The Labute approximate surface area is 90.1 Å². The SMILES string of the molecule is C=CCS(=O)(=O)C(C)C(=O)NCC(C)O. The third-order valence-corrected chi connectivity index (χ3v) is 3.82. The molecule has 0 spiro atoms. The van der Waals surface area contributed by atoms with Gasteiger partial charge in [0.25, 0.3) is 0 Å². The molecule has 0 aromatic rings. The Kier molecular flexibility index (Phi) is 5.53. The summed E-state index contributed by atoms with van der Waals surface area (Å²) in [4.78, 5) is 11.3. The van der Waals surface area contributed by atoms with Gasteiger partial charge in [-0.1, -0.05) is 6.08 Å². The molecule has 0 aliphatic rings. The zero-order valence-electron chi connectivity index (χ0n) is 8.93. The highest BCUT2D eigenvalue weighted by atomic mass is 32.2. The van der Waals surface area contributed by atoms with Crippen LogP contribution >= 0.6 is 0 Å². The number of carbonyl (C=O) groups is 1. The van der Waals surface area contributed by atoms with Crippen LogP contribution in [0.2, 0.25) is 0 Å². The average molecular weight is 235 g/mol. The van der Waals surface area contributed by atoms with Gasteiger partial charge in [-0.2, -0.15) is 0 Å². The molecule has 0 saturated carbocycles. The van der Waals surface area contributed by atoms with Gasteiger partial charge in [-0.3, -0.25) is 4.79 Å². The summed E-state index contributed by atoms with van der Waals surface area (Å²) in [5, 5.41) is 10.1. The Balaban J connectivity index is 4.38. The van der Waals surface area contributed by atoms with Gasteiger partial charge >= 0.3 is 0 Å². The second kappa shape index (κ2) is 5.87. The Hall–Kier alpha value is -0.880. The van der Waals surface area contributed by atoms with Crippen molar-refractivity contribution < 1.29 is 18.3 Å². The van der Waals surface area contributed by atoms with Crippen LogP contribution in [0.4, 0.5) is 0 Å². The largest absolute Gasteiger partial charge is 0.392 e. The fraction of sp³-hybridized carbons (Fsp3) is 0.667. The lowest BCUT2D eigenvalue weighted by atomic mass is 10.4. The first-order valence-electron chi connectivity index (χ1n) is 4.59. The first-order chi connectivity index (χ1) is 6.81. The summed E-state index contributed by atoms with van der Waals surface area (Å²) in [6.07, 6.45) is 0.552. The molecule has 0 heterocycles. The maximum Gasteiger partial charge on any atom is 0.238 e. The molecule has 1 amide bonds. The van der Waals surface area contributed by atoms with E-state index in [9.17, 15) is 13.2 Å². The number of rotatable bonds is 6. The number of nitrogens with one attached hydrogen (secondary N) is 1. The molecular weight excluding hydrogens is 218 g/mol. The van der Waals surface area contributed by atoms with E-state index in [1.807, 2.05) is 0 Å². The molecule has 0 aromatic heterocycles. The third kappa shape index (κ3) is 4.94. The van der Waals surface area contributed by atoms with Crippen LogP contribution in [0.15, 0.2) is 12.7 Å². The Bertz CT molecular complexity index is 321. The van der Waals surface area contributed by atoms with E-state index >= 15 is 0 Å². The van der Waals surface area contributed by atoms with Crippen molar-refractivity contribution in [3.05, 3.63) is 12.7 Å². The van der Waals surface area contributed by atoms with Crippen molar-refractivity contribution >= 4 is 15.7 Å². The Morgan fingerprint density at radius 3 is 2.47 bits per heavy atom. The Morgan fingerprint density at radius 2 is 2.07 bits per heavy atom. The molecule has 6 heteroatoms. The van der Waals surface area contributed by atoms with Gasteiger partial charge in [-0.05, 0) is 13.8 Å². The Morgan fingerprint density at radius 1 is 1.53 bits per heavy atom. The van der Waals surface area contributed by atoms with Crippen LogP contribution in [0, 0.1) is 0 Å². The highest BCUT2D eigenvalue weighted by Crippen LogP contribution is 2.02. The molecule has 2 N–H and O–H groups in total. The zero-order valence-corrected chi connectivity index (χ0v) is 9.75. The van der Waals surface area contributed by atoms with Gasteiger partial charge in [0.1, 0.15) is 5.25 Å². The molecule has 0 fully saturated rings. The van der Waals surface area contributed by atoms with Crippen LogP contribution in [0.3, 0.4) is 0 Å². The monoisotopic (exact) mass is 235 g/mol.